The minimum absolute atomic E-state index is 0.0317. The van der Waals surface area contributed by atoms with Gasteiger partial charge < -0.3 is 20.1 Å². The average Bonchev–Trinajstić information content (AvgIpc) is 2.68. The largest absolute Gasteiger partial charge is 0.479 e. The highest BCUT2D eigenvalue weighted by molar-refractivity contribution is 5.77. The molecule has 0 bridgehead atoms. The van der Waals surface area contributed by atoms with Gasteiger partial charge in [0.25, 0.3) is 0 Å². The van der Waals surface area contributed by atoms with Gasteiger partial charge in [0, 0.05) is 12.8 Å². The van der Waals surface area contributed by atoms with E-state index in [1.54, 1.807) is 6.92 Å². The van der Waals surface area contributed by atoms with Crippen LogP contribution in [0.4, 0.5) is 0 Å². The molecule has 176 valence electrons. The van der Waals surface area contributed by atoms with Crippen LogP contribution >= 0.6 is 0 Å². The lowest BCUT2D eigenvalue weighted by Gasteiger charge is -2.40. The summed E-state index contributed by atoms with van der Waals surface area (Å²) in [6.07, 6.45) is 14.2. The standard InChI is InChI=1S/C24H44O6/c1-3-4-5-6-7-8-9-10-11-12-13-14-15-16-21(26)30-22-19(2)17-24(29,23(27)28)18-20(22)25/h19-20,22,25,29H,3-18H2,1-2H3,(H,27,28). The average molecular weight is 429 g/mol. The van der Waals surface area contributed by atoms with Gasteiger partial charge in [0.05, 0.1) is 6.10 Å². The lowest BCUT2D eigenvalue weighted by atomic mass is 9.75. The van der Waals surface area contributed by atoms with Gasteiger partial charge in [0.15, 0.2) is 5.60 Å². The molecule has 0 heterocycles. The fraction of sp³-hybridized carbons (Fsp3) is 0.917. The van der Waals surface area contributed by atoms with Crippen LogP contribution in [-0.2, 0) is 14.3 Å². The van der Waals surface area contributed by atoms with Gasteiger partial charge in [-0.3, -0.25) is 4.79 Å². The number of unbranched alkanes of at least 4 members (excludes halogenated alkanes) is 12. The number of hydrogen-bond donors (Lipinski definition) is 3. The second-order valence-corrected chi connectivity index (χ2v) is 9.24. The Hall–Kier alpha value is -1.14. The van der Waals surface area contributed by atoms with Crippen molar-refractivity contribution >= 4 is 11.9 Å². The number of carboxylic acids is 1. The van der Waals surface area contributed by atoms with Crippen LogP contribution in [0.5, 0.6) is 0 Å². The van der Waals surface area contributed by atoms with Crippen LogP contribution < -0.4 is 0 Å². The third kappa shape index (κ3) is 10.3. The highest BCUT2D eigenvalue weighted by Crippen LogP contribution is 2.35. The Morgan fingerprint density at radius 1 is 0.867 bits per heavy atom. The molecule has 1 aliphatic carbocycles. The Balaban J connectivity index is 2.04. The SMILES string of the molecule is CCCCCCCCCCCCCCCC(=O)OC1C(C)CC(O)(C(=O)O)CC1O. The Morgan fingerprint density at radius 3 is 1.77 bits per heavy atom. The van der Waals surface area contributed by atoms with Crippen molar-refractivity contribution in [2.45, 2.75) is 134 Å². The molecule has 0 saturated heterocycles. The number of carboxylic acid groups (broad SMARTS) is 1. The zero-order chi connectivity index (χ0) is 22.4. The van der Waals surface area contributed by atoms with Crippen LogP contribution in [-0.4, -0.2) is 45.1 Å². The number of carbonyl (C=O) groups excluding carboxylic acids is 1. The predicted molar refractivity (Wildman–Crippen MR) is 117 cm³/mol. The monoisotopic (exact) mass is 428 g/mol. The van der Waals surface area contributed by atoms with Gasteiger partial charge in [-0.1, -0.05) is 90.9 Å². The summed E-state index contributed by atoms with van der Waals surface area (Å²) >= 11 is 0. The first-order chi connectivity index (χ1) is 14.3. The molecule has 0 amide bonds. The number of esters is 1. The summed E-state index contributed by atoms with van der Waals surface area (Å²) in [6, 6.07) is 0. The lowest BCUT2D eigenvalue weighted by Crippen LogP contribution is -2.54. The van der Waals surface area contributed by atoms with E-state index in [9.17, 15) is 19.8 Å². The summed E-state index contributed by atoms with van der Waals surface area (Å²) in [5.74, 6) is -2.11. The molecule has 6 heteroatoms. The molecule has 0 radical (unpaired) electrons. The van der Waals surface area contributed by atoms with Crippen LogP contribution in [0.15, 0.2) is 0 Å². The first kappa shape index (κ1) is 26.9. The molecule has 1 saturated carbocycles. The molecule has 1 aliphatic rings. The van der Waals surface area contributed by atoms with Crippen molar-refractivity contribution in [3.8, 4) is 0 Å². The minimum atomic E-state index is -1.95. The number of carbonyl (C=O) groups is 2. The fourth-order valence-corrected chi connectivity index (χ4v) is 4.44. The van der Waals surface area contributed by atoms with Crippen LogP contribution in [0.3, 0.4) is 0 Å². The second kappa shape index (κ2) is 14.8. The summed E-state index contributed by atoms with van der Waals surface area (Å²) < 4.78 is 5.40. The summed E-state index contributed by atoms with van der Waals surface area (Å²) in [6.45, 7) is 3.94. The van der Waals surface area contributed by atoms with Gasteiger partial charge >= 0.3 is 11.9 Å². The smallest absolute Gasteiger partial charge is 0.335 e. The van der Waals surface area contributed by atoms with Crippen LogP contribution in [0.1, 0.15) is 117 Å². The van der Waals surface area contributed by atoms with E-state index in [4.69, 9.17) is 9.84 Å². The van der Waals surface area contributed by atoms with E-state index >= 15 is 0 Å². The quantitative estimate of drug-likeness (QED) is 0.236. The van der Waals surface area contributed by atoms with Gasteiger partial charge in [-0.25, -0.2) is 4.79 Å². The first-order valence-corrected chi connectivity index (χ1v) is 12.1. The van der Waals surface area contributed by atoms with Gasteiger partial charge in [-0.2, -0.15) is 0 Å². The third-order valence-electron chi connectivity index (χ3n) is 6.30. The van der Waals surface area contributed by atoms with E-state index in [0.29, 0.717) is 6.42 Å². The third-order valence-corrected chi connectivity index (χ3v) is 6.30. The van der Waals surface area contributed by atoms with E-state index in [1.807, 2.05) is 0 Å². The van der Waals surface area contributed by atoms with Gasteiger partial charge in [-0.05, 0) is 18.8 Å². The van der Waals surface area contributed by atoms with E-state index in [2.05, 4.69) is 6.92 Å². The highest BCUT2D eigenvalue weighted by Gasteiger charge is 2.49. The summed E-state index contributed by atoms with van der Waals surface area (Å²) in [5, 5.41) is 29.4. The maximum absolute atomic E-state index is 12.1. The number of aliphatic hydroxyl groups is 2. The van der Waals surface area contributed by atoms with Crippen LogP contribution in [0, 0.1) is 5.92 Å². The molecule has 4 unspecified atom stereocenters. The molecular weight excluding hydrogens is 384 g/mol. The van der Waals surface area contributed by atoms with Crippen molar-refractivity contribution in [3.63, 3.8) is 0 Å². The van der Waals surface area contributed by atoms with Crippen molar-refractivity contribution in [2.75, 3.05) is 0 Å². The molecule has 0 aromatic carbocycles. The van der Waals surface area contributed by atoms with Gasteiger partial charge in [0.1, 0.15) is 6.10 Å². The number of ether oxygens (including phenoxy) is 1. The highest BCUT2D eigenvalue weighted by atomic mass is 16.6. The van der Waals surface area contributed by atoms with Crippen molar-refractivity contribution in [1.82, 2.24) is 0 Å². The van der Waals surface area contributed by atoms with Crippen molar-refractivity contribution in [2.24, 2.45) is 5.92 Å². The maximum Gasteiger partial charge on any atom is 0.335 e. The Bertz CT molecular complexity index is 480. The molecule has 0 aromatic rings. The summed E-state index contributed by atoms with van der Waals surface area (Å²) in [7, 11) is 0. The normalized spacial score (nSPS) is 26.5. The number of hydrogen-bond acceptors (Lipinski definition) is 5. The molecule has 1 fully saturated rings. The summed E-state index contributed by atoms with van der Waals surface area (Å²) in [5.41, 5.74) is -1.95. The minimum Gasteiger partial charge on any atom is -0.479 e. The summed E-state index contributed by atoms with van der Waals surface area (Å²) in [4.78, 5) is 23.3. The fourth-order valence-electron chi connectivity index (χ4n) is 4.44. The van der Waals surface area contributed by atoms with E-state index < -0.39 is 29.7 Å². The molecule has 1 rings (SSSR count). The molecular formula is C24H44O6. The Morgan fingerprint density at radius 2 is 1.33 bits per heavy atom. The second-order valence-electron chi connectivity index (χ2n) is 9.24. The van der Waals surface area contributed by atoms with E-state index in [1.165, 1.54) is 64.2 Å². The molecule has 4 atom stereocenters. The topological polar surface area (TPSA) is 104 Å². The van der Waals surface area contributed by atoms with Crippen LogP contribution in [0.25, 0.3) is 0 Å². The van der Waals surface area contributed by atoms with Crippen molar-refractivity contribution < 1.29 is 29.6 Å². The first-order valence-electron chi connectivity index (χ1n) is 12.1. The lowest BCUT2D eigenvalue weighted by molar-refractivity contribution is -0.188. The Labute approximate surface area is 182 Å². The van der Waals surface area contributed by atoms with E-state index in [-0.39, 0.29) is 18.8 Å². The zero-order valence-electron chi connectivity index (χ0n) is 19.1. The molecule has 0 spiro atoms. The zero-order valence-corrected chi connectivity index (χ0v) is 19.1. The number of aliphatic hydroxyl groups excluding tert-OH is 1. The van der Waals surface area contributed by atoms with Gasteiger partial charge in [0.2, 0.25) is 0 Å². The van der Waals surface area contributed by atoms with E-state index in [0.717, 1.165) is 19.3 Å². The molecule has 6 nitrogen and oxygen atoms in total. The molecule has 30 heavy (non-hydrogen) atoms. The predicted octanol–water partition coefficient (Wildman–Crippen LogP) is 4.99. The Kier molecular flexibility index (Phi) is 13.3. The number of aliphatic carboxylic acids is 1. The maximum atomic E-state index is 12.1. The molecule has 0 aliphatic heterocycles. The molecule has 0 aromatic heterocycles. The van der Waals surface area contributed by atoms with Crippen molar-refractivity contribution in [3.05, 3.63) is 0 Å². The van der Waals surface area contributed by atoms with Gasteiger partial charge in [-0.15, -0.1) is 0 Å². The number of rotatable bonds is 16. The van der Waals surface area contributed by atoms with Crippen molar-refractivity contribution in [1.29, 1.82) is 0 Å². The molecule has 3 N–H and O–H groups in total. The van der Waals surface area contributed by atoms with Crippen LogP contribution in [0.2, 0.25) is 0 Å².